The predicted molar refractivity (Wildman–Crippen MR) is 107 cm³/mol. The van der Waals surface area contributed by atoms with Crippen molar-refractivity contribution in [3.05, 3.63) is 10.1 Å². The van der Waals surface area contributed by atoms with Crippen LogP contribution in [0.2, 0.25) is 0 Å². The van der Waals surface area contributed by atoms with E-state index in [2.05, 4.69) is 0 Å². The zero-order valence-electron chi connectivity index (χ0n) is 15.0. The molecule has 7 atom stereocenters. The van der Waals surface area contributed by atoms with Gasteiger partial charge < -0.3 is 0 Å². The average Bonchev–Trinajstić information content (AvgIpc) is 2.94. The van der Waals surface area contributed by atoms with E-state index >= 15 is 0 Å². The minimum Gasteiger partial charge on any atom is -0.264 e. The van der Waals surface area contributed by atoms with E-state index in [1.807, 2.05) is 0 Å². The lowest BCUT2D eigenvalue weighted by Gasteiger charge is -2.42. The number of rotatable bonds is 6. The molecule has 1 unspecified atom stereocenters. The molecule has 0 spiro atoms. The molecule has 3 aliphatic rings. The first kappa shape index (κ1) is 24.3. The summed E-state index contributed by atoms with van der Waals surface area (Å²) in [5, 5.41) is 0.0421. The smallest absolute Gasteiger partial charge is 0.264 e. The van der Waals surface area contributed by atoms with Crippen molar-refractivity contribution in [2.75, 3.05) is 18.8 Å². The molecule has 0 radical (unpaired) electrons. The van der Waals surface area contributed by atoms with Crippen molar-refractivity contribution < 1.29 is 37.8 Å². The van der Waals surface area contributed by atoms with Gasteiger partial charge in [-0.25, -0.2) is 0 Å². The van der Waals surface area contributed by atoms with Crippen LogP contribution >= 0.6 is 46.4 Å². The lowest BCUT2D eigenvalue weighted by molar-refractivity contribution is 0.0121. The topological polar surface area (TPSA) is 130 Å². The molecule has 9 nitrogen and oxygen atoms in total. The van der Waals surface area contributed by atoms with Crippen molar-refractivity contribution in [2.45, 2.75) is 34.5 Å². The first-order valence-electron chi connectivity index (χ1n) is 7.90. The molecule has 0 aromatic rings. The second-order valence-corrected chi connectivity index (χ2v) is 14.2. The molecule has 0 aromatic heterocycles. The van der Waals surface area contributed by atoms with Gasteiger partial charge in [-0.2, -0.15) is 25.3 Å². The Kier molecular flexibility index (Phi) is 5.91. The number of hydrogen-bond donors (Lipinski definition) is 0. The van der Waals surface area contributed by atoms with Crippen molar-refractivity contribution in [3.8, 4) is 0 Å². The van der Waals surface area contributed by atoms with Crippen LogP contribution in [0.15, 0.2) is 10.1 Å². The summed E-state index contributed by atoms with van der Waals surface area (Å²) < 4.78 is 86.5. The van der Waals surface area contributed by atoms with Crippen LogP contribution < -0.4 is 0 Å². The van der Waals surface area contributed by atoms with Gasteiger partial charge in [-0.3, -0.25) is 12.5 Å². The Bertz CT molecular complexity index is 1090. The number of alkyl halides is 2. The summed E-state index contributed by atoms with van der Waals surface area (Å²) in [6.07, 6.45) is -2.88. The summed E-state index contributed by atoms with van der Waals surface area (Å²) in [6.45, 7) is 0. The second kappa shape index (κ2) is 7.06. The Morgan fingerprint density at radius 3 is 1.72 bits per heavy atom. The van der Waals surface area contributed by atoms with E-state index in [0.717, 1.165) is 6.26 Å². The van der Waals surface area contributed by atoms with Crippen molar-refractivity contribution in [3.63, 3.8) is 0 Å². The number of fused-ring (bicyclic) bond motifs is 5. The number of halogens is 4. The van der Waals surface area contributed by atoms with Gasteiger partial charge in [0.1, 0.15) is 28.1 Å². The Labute approximate surface area is 188 Å². The predicted octanol–water partition coefficient (Wildman–Crippen LogP) is 1.33. The normalized spacial score (nSPS) is 42.5. The van der Waals surface area contributed by atoms with Gasteiger partial charge >= 0.3 is 0 Å². The van der Waals surface area contributed by atoms with Crippen LogP contribution in [0.25, 0.3) is 0 Å². The lowest BCUT2D eigenvalue weighted by atomic mass is 9.82. The van der Waals surface area contributed by atoms with E-state index in [1.54, 1.807) is 0 Å². The molecule has 29 heavy (non-hydrogen) atoms. The lowest BCUT2D eigenvalue weighted by Crippen LogP contribution is -2.55. The summed E-state index contributed by atoms with van der Waals surface area (Å²) in [5.74, 6) is -1.81. The molecule has 16 heteroatoms. The molecular weight excluding hydrogens is 538 g/mol. The van der Waals surface area contributed by atoms with Gasteiger partial charge in [0.25, 0.3) is 30.4 Å². The molecule has 0 aliphatic heterocycles. The minimum atomic E-state index is -4.23. The van der Waals surface area contributed by atoms with Crippen LogP contribution in [0, 0.1) is 11.8 Å². The second-order valence-electron chi connectivity index (χ2n) is 7.32. The van der Waals surface area contributed by atoms with Crippen molar-refractivity contribution in [1.82, 2.24) is 0 Å². The van der Waals surface area contributed by atoms with Gasteiger partial charge in [-0.05, 0) is 6.42 Å². The molecule has 2 fully saturated rings. The molecule has 3 rings (SSSR count). The zero-order chi connectivity index (χ0) is 22.4. The molecule has 3 aliphatic carbocycles. The van der Waals surface area contributed by atoms with Crippen molar-refractivity contribution >= 4 is 76.8 Å². The highest BCUT2D eigenvalue weighted by Gasteiger charge is 2.81. The third-order valence-corrected chi connectivity index (χ3v) is 9.58. The van der Waals surface area contributed by atoms with Gasteiger partial charge in [-0.1, -0.05) is 23.2 Å². The zero-order valence-corrected chi connectivity index (χ0v) is 20.5. The van der Waals surface area contributed by atoms with Gasteiger partial charge in [0.05, 0.1) is 23.8 Å². The quantitative estimate of drug-likeness (QED) is 0.353. The fourth-order valence-electron chi connectivity index (χ4n) is 4.44. The Balaban J connectivity index is 2.26. The Morgan fingerprint density at radius 2 is 1.28 bits per heavy atom. The standard InChI is InChI=1S/C13H16Cl4O9S3/c1-27(18,19)24-8-6-5-4-12(16,10(15)7(5)14)13(6,17)11(26-29(3,22)23)9(8)25-28(2,20)21/h5-6,8-9,11H,4H2,1-3H3/t5?,6-,8-,9-,11-,12+,13+/m1/s1. The average molecular weight is 554 g/mol. The molecule has 168 valence electrons. The first-order chi connectivity index (χ1) is 12.8. The highest BCUT2D eigenvalue weighted by molar-refractivity contribution is 7.86. The molecular formula is C13H16Cl4O9S3. The summed E-state index contributed by atoms with van der Waals surface area (Å²) in [6, 6.07) is 0. The third-order valence-electron chi connectivity index (χ3n) is 5.15. The summed E-state index contributed by atoms with van der Waals surface area (Å²) in [4.78, 5) is -3.56. The number of allylic oxidation sites excluding steroid dienone is 2. The Hall–Kier alpha value is 0.630. The molecule has 0 amide bonds. The molecule has 0 aromatic carbocycles. The van der Waals surface area contributed by atoms with Gasteiger partial charge in [-0.15, -0.1) is 23.2 Å². The van der Waals surface area contributed by atoms with Gasteiger partial charge in [0.15, 0.2) is 0 Å². The molecule has 0 saturated heterocycles. The SMILES string of the molecule is CS(=O)(=O)O[C@@H]1[C@H](OS(C)(=O)=O)[C@H]2C3C[C@](Cl)(C(Cl)=C3Cl)[C@@]2(Cl)[C@@H]1OS(C)(=O)=O. The van der Waals surface area contributed by atoms with E-state index in [4.69, 9.17) is 59.0 Å². The maximum absolute atomic E-state index is 11.9. The minimum absolute atomic E-state index is 0.0409. The number of hydrogen-bond acceptors (Lipinski definition) is 9. The van der Waals surface area contributed by atoms with E-state index in [-0.39, 0.29) is 16.5 Å². The van der Waals surface area contributed by atoms with Crippen molar-refractivity contribution in [2.24, 2.45) is 11.8 Å². The van der Waals surface area contributed by atoms with Gasteiger partial charge in [0, 0.05) is 16.9 Å². The molecule has 0 heterocycles. The summed E-state index contributed by atoms with van der Waals surface area (Å²) in [5.41, 5.74) is 0. The molecule has 0 N–H and O–H groups in total. The van der Waals surface area contributed by atoms with E-state index in [1.165, 1.54) is 0 Å². The first-order valence-corrected chi connectivity index (χ1v) is 14.9. The van der Waals surface area contributed by atoms with Gasteiger partial charge in [0.2, 0.25) is 0 Å². The largest absolute Gasteiger partial charge is 0.264 e. The molecule has 2 saturated carbocycles. The summed E-state index contributed by atoms with van der Waals surface area (Å²) in [7, 11) is -12.6. The van der Waals surface area contributed by atoms with E-state index in [9.17, 15) is 25.3 Å². The summed E-state index contributed by atoms with van der Waals surface area (Å²) >= 11 is 26.0. The van der Waals surface area contributed by atoms with E-state index < -0.39 is 70.3 Å². The third kappa shape index (κ3) is 3.96. The monoisotopic (exact) mass is 552 g/mol. The fourth-order valence-corrected chi connectivity index (χ4v) is 8.34. The maximum atomic E-state index is 11.9. The van der Waals surface area contributed by atoms with E-state index in [0.29, 0.717) is 12.5 Å². The Morgan fingerprint density at radius 1 is 0.828 bits per heavy atom. The van der Waals surface area contributed by atoms with Crippen LogP contribution in [0.1, 0.15) is 6.42 Å². The van der Waals surface area contributed by atoms with Crippen LogP contribution in [0.3, 0.4) is 0 Å². The van der Waals surface area contributed by atoms with Crippen LogP contribution in [-0.2, 0) is 42.9 Å². The van der Waals surface area contributed by atoms with Crippen LogP contribution in [0.5, 0.6) is 0 Å². The maximum Gasteiger partial charge on any atom is 0.264 e. The fraction of sp³-hybridized carbons (Fsp3) is 0.846. The highest BCUT2D eigenvalue weighted by atomic mass is 35.5. The molecule has 2 bridgehead atoms. The highest BCUT2D eigenvalue weighted by Crippen LogP contribution is 2.73. The van der Waals surface area contributed by atoms with Crippen LogP contribution in [-0.4, -0.2) is 72.1 Å². The van der Waals surface area contributed by atoms with Crippen molar-refractivity contribution in [1.29, 1.82) is 0 Å². The van der Waals surface area contributed by atoms with Crippen LogP contribution in [0.4, 0.5) is 0 Å².